The maximum absolute atomic E-state index is 11.8. The number of aromatic nitrogens is 1. The molecule has 0 bridgehead atoms. The molecule has 14 heavy (non-hydrogen) atoms. The summed E-state index contributed by atoms with van der Waals surface area (Å²) in [5.41, 5.74) is 6.99. The molecular weight excluding hydrogens is 176 g/mol. The fraction of sp³-hybridized carbons (Fsp3) is 0.545. The van der Waals surface area contributed by atoms with E-state index in [1.807, 2.05) is 17.6 Å². The zero-order valence-electron chi connectivity index (χ0n) is 8.49. The van der Waals surface area contributed by atoms with Gasteiger partial charge in [-0.15, -0.1) is 0 Å². The van der Waals surface area contributed by atoms with Crippen molar-refractivity contribution in [3.05, 3.63) is 28.2 Å². The second-order valence-electron chi connectivity index (χ2n) is 4.04. The summed E-state index contributed by atoms with van der Waals surface area (Å²) in [5.74, 6) is 0. The second-order valence-corrected chi connectivity index (χ2v) is 4.04. The highest BCUT2D eigenvalue weighted by Gasteiger charge is 2.19. The van der Waals surface area contributed by atoms with Crippen molar-refractivity contribution in [1.82, 2.24) is 4.57 Å². The van der Waals surface area contributed by atoms with Gasteiger partial charge in [0.05, 0.1) is 5.69 Å². The van der Waals surface area contributed by atoms with Crippen molar-refractivity contribution in [2.75, 3.05) is 5.73 Å². The molecular formula is C11H16N2O. The van der Waals surface area contributed by atoms with E-state index in [1.165, 1.54) is 12.8 Å². The van der Waals surface area contributed by atoms with Crippen LogP contribution in [0.5, 0.6) is 0 Å². The zero-order chi connectivity index (χ0) is 10.1. The first-order valence-corrected chi connectivity index (χ1v) is 5.18. The Bertz CT molecular complexity index is 389. The fourth-order valence-corrected chi connectivity index (χ4v) is 2.28. The van der Waals surface area contributed by atoms with Crippen LogP contribution in [0, 0.1) is 6.92 Å². The van der Waals surface area contributed by atoms with Crippen LogP contribution in [0.3, 0.4) is 0 Å². The number of hydrogen-bond acceptors (Lipinski definition) is 2. The molecule has 3 heteroatoms. The lowest BCUT2D eigenvalue weighted by Crippen LogP contribution is -2.27. The number of nitrogens with zero attached hydrogens (tertiary/aromatic N) is 1. The lowest BCUT2D eigenvalue weighted by molar-refractivity contribution is 0.492. The first-order valence-electron chi connectivity index (χ1n) is 5.18. The van der Waals surface area contributed by atoms with E-state index in [0.717, 1.165) is 18.5 Å². The Morgan fingerprint density at radius 3 is 2.64 bits per heavy atom. The van der Waals surface area contributed by atoms with Crippen LogP contribution in [0.1, 0.15) is 37.4 Å². The van der Waals surface area contributed by atoms with Gasteiger partial charge in [0.15, 0.2) is 0 Å². The van der Waals surface area contributed by atoms with Gasteiger partial charge in [0.2, 0.25) is 0 Å². The van der Waals surface area contributed by atoms with Crippen LogP contribution in [0.2, 0.25) is 0 Å². The van der Waals surface area contributed by atoms with Crippen LogP contribution < -0.4 is 11.3 Å². The summed E-state index contributed by atoms with van der Waals surface area (Å²) in [7, 11) is 0. The second kappa shape index (κ2) is 3.48. The van der Waals surface area contributed by atoms with Crippen molar-refractivity contribution in [3.63, 3.8) is 0 Å². The average molecular weight is 192 g/mol. The molecule has 1 fully saturated rings. The summed E-state index contributed by atoms with van der Waals surface area (Å²) < 4.78 is 1.86. The van der Waals surface area contributed by atoms with Crippen LogP contribution in [0.25, 0.3) is 0 Å². The Balaban J connectivity index is 2.50. The molecule has 1 heterocycles. The smallest absolute Gasteiger partial charge is 0.274 e. The predicted octanol–water partition coefficient (Wildman–Crippen LogP) is 1.85. The number of aryl methyl sites for hydroxylation is 1. The highest BCUT2D eigenvalue weighted by atomic mass is 16.1. The van der Waals surface area contributed by atoms with Gasteiger partial charge in [-0.2, -0.15) is 0 Å². The largest absolute Gasteiger partial charge is 0.394 e. The van der Waals surface area contributed by atoms with Crippen molar-refractivity contribution in [1.29, 1.82) is 0 Å². The van der Waals surface area contributed by atoms with Gasteiger partial charge in [0.25, 0.3) is 5.56 Å². The van der Waals surface area contributed by atoms with Gasteiger partial charge < -0.3 is 10.3 Å². The van der Waals surface area contributed by atoms with E-state index < -0.39 is 0 Å². The van der Waals surface area contributed by atoms with Crippen LogP contribution in [-0.4, -0.2) is 4.57 Å². The van der Waals surface area contributed by atoms with E-state index in [0.29, 0.717) is 11.7 Å². The van der Waals surface area contributed by atoms with E-state index in [2.05, 4.69) is 0 Å². The van der Waals surface area contributed by atoms with Gasteiger partial charge in [-0.1, -0.05) is 12.8 Å². The van der Waals surface area contributed by atoms with Crippen LogP contribution in [0.4, 0.5) is 5.69 Å². The Kier molecular flexibility index (Phi) is 2.32. The topological polar surface area (TPSA) is 48.0 Å². The van der Waals surface area contributed by atoms with Gasteiger partial charge in [0, 0.05) is 11.7 Å². The molecule has 0 amide bonds. The standard InChI is InChI=1S/C11H16N2O/c1-8-6-7-10(12)11(14)13(8)9-4-2-3-5-9/h6-7,9H,2-5,12H2,1H3. The molecule has 0 radical (unpaired) electrons. The Morgan fingerprint density at radius 2 is 2.00 bits per heavy atom. The van der Waals surface area contributed by atoms with E-state index >= 15 is 0 Å². The minimum atomic E-state index is -0.0168. The number of rotatable bonds is 1. The van der Waals surface area contributed by atoms with Gasteiger partial charge in [-0.3, -0.25) is 4.79 Å². The average Bonchev–Trinajstić information content (AvgIpc) is 2.65. The van der Waals surface area contributed by atoms with Crippen molar-refractivity contribution < 1.29 is 0 Å². The molecule has 2 N–H and O–H groups in total. The third-order valence-electron chi connectivity index (χ3n) is 3.04. The molecule has 0 spiro atoms. The monoisotopic (exact) mass is 192 g/mol. The summed E-state index contributed by atoms with van der Waals surface area (Å²) in [6.07, 6.45) is 4.69. The Morgan fingerprint density at radius 1 is 1.36 bits per heavy atom. The molecule has 1 aromatic rings. The van der Waals surface area contributed by atoms with Crippen LogP contribution >= 0.6 is 0 Å². The minimum absolute atomic E-state index is 0.0168. The lowest BCUT2D eigenvalue weighted by atomic mass is 10.2. The van der Waals surface area contributed by atoms with Crippen molar-refractivity contribution in [3.8, 4) is 0 Å². The summed E-state index contributed by atoms with van der Waals surface area (Å²) in [6.45, 7) is 1.97. The maximum Gasteiger partial charge on any atom is 0.274 e. The lowest BCUT2D eigenvalue weighted by Gasteiger charge is -2.17. The van der Waals surface area contributed by atoms with Gasteiger partial charge in [0.1, 0.15) is 0 Å². The van der Waals surface area contributed by atoms with Gasteiger partial charge in [-0.25, -0.2) is 0 Å². The molecule has 0 saturated heterocycles. The predicted molar refractivity (Wildman–Crippen MR) is 57.4 cm³/mol. The fourth-order valence-electron chi connectivity index (χ4n) is 2.28. The van der Waals surface area contributed by atoms with E-state index in [1.54, 1.807) is 6.07 Å². The summed E-state index contributed by atoms with van der Waals surface area (Å²) in [4.78, 5) is 11.8. The third kappa shape index (κ3) is 1.43. The Labute approximate surface area is 83.5 Å². The molecule has 0 atom stereocenters. The van der Waals surface area contributed by atoms with Crippen molar-refractivity contribution in [2.24, 2.45) is 0 Å². The van der Waals surface area contributed by atoms with E-state index in [4.69, 9.17) is 5.73 Å². The third-order valence-corrected chi connectivity index (χ3v) is 3.04. The number of anilines is 1. The van der Waals surface area contributed by atoms with E-state index in [9.17, 15) is 4.79 Å². The molecule has 1 saturated carbocycles. The first kappa shape index (κ1) is 9.31. The molecule has 0 aliphatic heterocycles. The molecule has 1 aliphatic carbocycles. The molecule has 3 nitrogen and oxygen atoms in total. The van der Waals surface area contributed by atoms with Crippen LogP contribution in [0.15, 0.2) is 16.9 Å². The van der Waals surface area contributed by atoms with Crippen molar-refractivity contribution >= 4 is 5.69 Å². The van der Waals surface area contributed by atoms with E-state index in [-0.39, 0.29) is 5.56 Å². The van der Waals surface area contributed by atoms with Crippen molar-refractivity contribution in [2.45, 2.75) is 38.6 Å². The number of pyridine rings is 1. The number of hydrogen-bond donors (Lipinski definition) is 1. The first-order chi connectivity index (χ1) is 6.70. The summed E-state index contributed by atoms with van der Waals surface area (Å²) in [5, 5.41) is 0. The molecule has 1 aliphatic rings. The normalized spacial score (nSPS) is 17.5. The minimum Gasteiger partial charge on any atom is -0.394 e. The van der Waals surface area contributed by atoms with Gasteiger partial charge >= 0.3 is 0 Å². The SMILES string of the molecule is Cc1ccc(N)c(=O)n1C1CCCC1. The molecule has 0 unspecified atom stereocenters. The summed E-state index contributed by atoms with van der Waals surface area (Å²) >= 11 is 0. The molecule has 0 aromatic carbocycles. The molecule has 2 rings (SSSR count). The summed E-state index contributed by atoms with van der Waals surface area (Å²) in [6, 6.07) is 4.00. The quantitative estimate of drug-likeness (QED) is 0.738. The zero-order valence-corrected chi connectivity index (χ0v) is 8.49. The highest BCUT2D eigenvalue weighted by Crippen LogP contribution is 2.29. The maximum atomic E-state index is 11.8. The number of nitrogens with two attached hydrogens (primary N) is 1. The van der Waals surface area contributed by atoms with Crippen LogP contribution in [-0.2, 0) is 0 Å². The Hall–Kier alpha value is -1.25. The molecule has 76 valence electrons. The van der Waals surface area contributed by atoms with Gasteiger partial charge in [-0.05, 0) is 31.9 Å². The number of nitrogen functional groups attached to an aromatic ring is 1. The molecule has 1 aromatic heterocycles. The highest BCUT2D eigenvalue weighted by molar-refractivity contribution is 5.35.